The van der Waals surface area contributed by atoms with E-state index in [9.17, 15) is 9.59 Å². The minimum atomic E-state index is -0.879. The van der Waals surface area contributed by atoms with E-state index in [-0.39, 0.29) is 30.5 Å². The number of ether oxygens (including phenoxy) is 1. The van der Waals surface area contributed by atoms with Crippen LogP contribution in [0.15, 0.2) is 40.8 Å². The van der Waals surface area contributed by atoms with Gasteiger partial charge in [0.1, 0.15) is 11.2 Å². The molecule has 2 saturated heterocycles. The van der Waals surface area contributed by atoms with Crippen LogP contribution >= 0.6 is 11.3 Å². The Balaban J connectivity index is 1.14. The Morgan fingerprint density at radius 3 is 2.83 bits per heavy atom. The van der Waals surface area contributed by atoms with Crippen molar-refractivity contribution in [3.05, 3.63) is 52.0 Å². The van der Waals surface area contributed by atoms with Gasteiger partial charge in [0.2, 0.25) is 5.91 Å². The van der Waals surface area contributed by atoms with Gasteiger partial charge in [-0.3, -0.25) is 19.0 Å². The molecule has 3 fully saturated rings. The fourth-order valence-corrected chi connectivity index (χ4v) is 5.83. The van der Waals surface area contributed by atoms with Crippen LogP contribution in [-0.2, 0) is 14.9 Å². The maximum absolute atomic E-state index is 13.3. The molecule has 1 amide bonds. The fourth-order valence-electron chi connectivity index (χ4n) is 5.11. The van der Waals surface area contributed by atoms with Crippen molar-refractivity contribution in [2.45, 2.75) is 43.6 Å². The molecule has 1 aliphatic carbocycles. The second-order valence-corrected chi connectivity index (χ2v) is 10.8. The van der Waals surface area contributed by atoms with Crippen LogP contribution in [0.2, 0.25) is 0 Å². The molecule has 0 unspecified atom stereocenters. The number of carbonyl (C=O) groups is 1. The average Bonchev–Trinajstić information content (AvgIpc) is 3.27. The normalized spacial score (nSPS) is 21.9. The Hall–Kier alpha value is -2.82. The number of rotatable bonds is 7. The second kappa shape index (κ2) is 9.33. The molecule has 6 rings (SSSR count). The average molecular weight is 495 g/mol. The number of hydrogen-bond acceptors (Lipinski definition) is 8. The summed E-state index contributed by atoms with van der Waals surface area (Å²) in [5.41, 5.74) is 0.651. The third-order valence-corrected chi connectivity index (χ3v) is 8.38. The first-order chi connectivity index (χ1) is 17.1. The van der Waals surface area contributed by atoms with E-state index in [4.69, 9.17) is 9.72 Å². The van der Waals surface area contributed by atoms with Gasteiger partial charge in [-0.1, -0.05) is 6.42 Å². The fraction of sp³-hybridized carbons (Fsp3) is 0.520. The summed E-state index contributed by atoms with van der Waals surface area (Å²) in [5.74, 6) is 0.855. The van der Waals surface area contributed by atoms with E-state index >= 15 is 0 Å². The van der Waals surface area contributed by atoms with Gasteiger partial charge in [0.25, 0.3) is 5.56 Å². The highest BCUT2D eigenvalue weighted by atomic mass is 32.1. The first kappa shape index (κ1) is 22.6. The Labute approximate surface area is 207 Å². The van der Waals surface area contributed by atoms with Crippen LogP contribution in [-0.4, -0.2) is 59.2 Å². The van der Waals surface area contributed by atoms with E-state index in [1.165, 1.54) is 47.5 Å². The standard InChI is InChI=1S/C25H30N6O3S/c32-22-11-21(29-24-31(22)9-10-35-24)28-23(33)25(15-34-16-25)20-7-6-19(13-27-20)30-8-2-5-18(14-30)26-12-17-3-1-4-17/h6-7,9-11,13,17-18,26H,1-5,8,12,14-16H2,(H,28,33)/t18-/m1/s1. The zero-order valence-electron chi connectivity index (χ0n) is 19.6. The lowest BCUT2D eigenvalue weighted by molar-refractivity contribution is -0.140. The van der Waals surface area contributed by atoms with E-state index in [2.05, 4.69) is 26.6 Å². The molecule has 0 radical (unpaired) electrons. The minimum absolute atomic E-state index is 0.227. The lowest BCUT2D eigenvalue weighted by Crippen LogP contribution is -2.56. The third-order valence-electron chi connectivity index (χ3n) is 7.62. The molecule has 3 aliphatic rings. The van der Waals surface area contributed by atoms with E-state index in [1.54, 1.807) is 11.6 Å². The van der Waals surface area contributed by atoms with Crippen LogP contribution in [0, 0.1) is 5.92 Å². The lowest BCUT2D eigenvalue weighted by atomic mass is 9.81. The first-order valence-corrected chi connectivity index (χ1v) is 13.3. The second-order valence-electron chi connectivity index (χ2n) is 9.96. The predicted octanol–water partition coefficient (Wildman–Crippen LogP) is 2.42. The van der Waals surface area contributed by atoms with Gasteiger partial charge in [0.05, 0.1) is 30.8 Å². The maximum Gasteiger partial charge on any atom is 0.260 e. The number of nitrogens with one attached hydrogen (secondary N) is 2. The molecule has 2 aliphatic heterocycles. The van der Waals surface area contributed by atoms with Crippen molar-refractivity contribution in [3.63, 3.8) is 0 Å². The largest absolute Gasteiger partial charge is 0.378 e. The Kier molecular flexibility index (Phi) is 6.03. The van der Waals surface area contributed by atoms with Crippen LogP contribution in [0.3, 0.4) is 0 Å². The summed E-state index contributed by atoms with van der Waals surface area (Å²) in [5, 5.41) is 8.38. The molecule has 9 nitrogen and oxygen atoms in total. The SMILES string of the molecule is O=C(Nc1cc(=O)n2ccsc2n1)C1(c2ccc(N3CCC[C@@H](NCC4CCC4)C3)cn2)COC1. The number of thiazole rings is 1. The van der Waals surface area contributed by atoms with Gasteiger partial charge in [0.15, 0.2) is 4.96 Å². The summed E-state index contributed by atoms with van der Waals surface area (Å²) < 4.78 is 6.91. The molecule has 10 heteroatoms. The molecule has 184 valence electrons. The van der Waals surface area contributed by atoms with Crippen molar-refractivity contribution in [1.82, 2.24) is 19.7 Å². The Morgan fingerprint density at radius 2 is 2.11 bits per heavy atom. The van der Waals surface area contributed by atoms with Gasteiger partial charge in [-0.25, -0.2) is 4.98 Å². The van der Waals surface area contributed by atoms with E-state index < -0.39 is 5.41 Å². The van der Waals surface area contributed by atoms with E-state index in [0.29, 0.717) is 16.7 Å². The van der Waals surface area contributed by atoms with Crippen LogP contribution in [0.4, 0.5) is 11.5 Å². The number of piperidine rings is 1. The first-order valence-electron chi connectivity index (χ1n) is 12.4. The summed E-state index contributed by atoms with van der Waals surface area (Å²) in [6.45, 7) is 3.64. The van der Waals surface area contributed by atoms with Crippen molar-refractivity contribution in [2.75, 3.05) is 43.1 Å². The number of amides is 1. The van der Waals surface area contributed by atoms with Crippen LogP contribution < -0.4 is 21.1 Å². The van der Waals surface area contributed by atoms with Gasteiger partial charge in [-0.2, -0.15) is 0 Å². The van der Waals surface area contributed by atoms with Gasteiger partial charge in [-0.15, -0.1) is 11.3 Å². The molecule has 0 bridgehead atoms. The monoisotopic (exact) mass is 494 g/mol. The van der Waals surface area contributed by atoms with Gasteiger partial charge < -0.3 is 20.3 Å². The van der Waals surface area contributed by atoms with Crippen molar-refractivity contribution in [1.29, 1.82) is 0 Å². The third kappa shape index (κ3) is 4.34. The number of nitrogens with zero attached hydrogens (tertiary/aromatic N) is 4. The molecular weight excluding hydrogens is 464 g/mol. The summed E-state index contributed by atoms with van der Waals surface area (Å²) >= 11 is 1.34. The molecule has 1 atom stereocenters. The van der Waals surface area contributed by atoms with Crippen molar-refractivity contribution in [2.24, 2.45) is 5.92 Å². The van der Waals surface area contributed by atoms with Crippen molar-refractivity contribution >= 4 is 33.7 Å². The number of pyridine rings is 1. The molecule has 0 aromatic carbocycles. The molecule has 2 N–H and O–H groups in total. The van der Waals surface area contributed by atoms with Crippen molar-refractivity contribution < 1.29 is 9.53 Å². The quantitative estimate of drug-likeness (QED) is 0.520. The zero-order valence-corrected chi connectivity index (χ0v) is 20.4. The highest BCUT2D eigenvalue weighted by Crippen LogP contribution is 2.34. The maximum atomic E-state index is 13.3. The lowest BCUT2D eigenvalue weighted by Gasteiger charge is -2.39. The molecule has 5 heterocycles. The summed E-state index contributed by atoms with van der Waals surface area (Å²) in [4.78, 5) is 37.6. The number of hydrogen-bond donors (Lipinski definition) is 2. The van der Waals surface area contributed by atoms with E-state index in [0.717, 1.165) is 37.7 Å². The summed E-state index contributed by atoms with van der Waals surface area (Å²) in [7, 11) is 0. The van der Waals surface area contributed by atoms with E-state index in [1.807, 2.05) is 12.3 Å². The zero-order chi connectivity index (χ0) is 23.8. The Morgan fingerprint density at radius 1 is 1.23 bits per heavy atom. The highest BCUT2D eigenvalue weighted by molar-refractivity contribution is 7.15. The number of fused-ring (bicyclic) bond motifs is 1. The Bertz CT molecular complexity index is 1260. The number of carbonyl (C=O) groups excluding carboxylic acids is 1. The molecule has 35 heavy (non-hydrogen) atoms. The van der Waals surface area contributed by atoms with Crippen LogP contribution in [0.5, 0.6) is 0 Å². The summed E-state index contributed by atoms with van der Waals surface area (Å²) in [6.07, 6.45) is 10.0. The molecule has 1 saturated carbocycles. The van der Waals surface area contributed by atoms with Gasteiger partial charge in [-0.05, 0) is 50.3 Å². The van der Waals surface area contributed by atoms with Crippen LogP contribution in [0.25, 0.3) is 4.96 Å². The highest BCUT2D eigenvalue weighted by Gasteiger charge is 2.49. The number of aromatic nitrogens is 3. The van der Waals surface area contributed by atoms with Crippen molar-refractivity contribution in [3.8, 4) is 0 Å². The van der Waals surface area contributed by atoms with Crippen LogP contribution in [0.1, 0.15) is 37.8 Å². The molecule has 3 aromatic rings. The van der Waals surface area contributed by atoms with Gasteiger partial charge in [0, 0.05) is 36.8 Å². The molecule has 3 aromatic heterocycles. The minimum Gasteiger partial charge on any atom is -0.378 e. The predicted molar refractivity (Wildman–Crippen MR) is 135 cm³/mol. The van der Waals surface area contributed by atoms with Gasteiger partial charge >= 0.3 is 0 Å². The molecular formula is C25H30N6O3S. The number of anilines is 2. The summed E-state index contributed by atoms with van der Waals surface area (Å²) in [6, 6.07) is 5.85. The molecule has 0 spiro atoms. The smallest absolute Gasteiger partial charge is 0.260 e. The topological polar surface area (TPSA) is 101 Å².